The molecule has 1 aliphatic heterocycles. The van der Waals surface area contributed by atoms with E-state index in [0.717, 1.165) is 19.2 Å². The second-order valence-electron chi connectivity index (χ2n) is 9.84. The highest BCUT2D eigenvalue weighted by atomic mass is 19.4. The van der Waals surface area contributed by atoms with Gasteiger partial charge in [-0.25, -0.2) is 4.79 Å². The fourth-order valence-electron chi connectivity index (χ4n) is 5.74. The first-order chi connectivity index (χ1) is 20.1. The predicted octanol–water partition coefficient (Wildman–Crippen LogP) is 4.85. The van der Waals surface area contributed by atoms with Crippen molar-refractivity contribution >= 4 is 23.4 Å². The molecule has 3 atom stereocenters. The van der Waals surface area contributed by atoms with Gasteiger partial charge in [0.05, 0.1) is 31.3 Å². The number of aromatic nitrogens is 1. The first kappa shape index (κ1) is 28.6. The van der Waals surface area contributed by atoms with Crippen LogP contribution in [0.2, 0.25) is 0 Å². The maximum atomic E-state index is 14.5. The lowest BCUT2D eigenvalue weighted by Crippen LogP contribution is -2.46. The van der Waals surface area contributed by atoms with E-state index in [1.54, 1.807) is 42.5 Å². The van der Waals surface area contributed by atoms with Crippen molar-refractivity contribution in [3.63, 3.8) is 0 Å². The molecule has 216 valence electrons. The summed E-state index contributed by atoms with van der Waals surface area (Å²) in [6, 6.07) is 16.5. The van der Waals surface area contributed by atoms with Gasteiger partial charge in [-0.05, 0) is 41.8 Å². The average molecular weight is 578 g/mol. The molecule has 0 radical (unpaired) electrons. The molecule has 0 saturated heterocycles. The number of nitrogens with two attached hydrogens (primary N) is 1. The van der Waals surface area contributed by atoms with Gasteiger partial charge in [0, 0.05) is 35.3 Å². The van der Waals surface area contributed by atoms with Gasteiger partial charge in [-0.3, -0.25) is 19.5 Å². The molecule has 2 N–H and O–H groups in total. The van der Waals surface area contributed by atoms with Crippen LogP contribution in [0.1, 0.15) is 34.9 Å². The average Bonchev–Trinajstić information content (AvgIpc) is 3.00. The van der Waals surface area contributed by atoms with E-state index in [1.165, 1.54) is 36.5 Å². The van der Waals surface area contributed by atoms with E-state index < -0.39 is 47.2 Å². The summed E-state index contributed by atoms with van der Waals surface area (Å²) in [5.41, 5.74) is 6.85. The minimum atomic E-state index is -4.67. The smallest absolute Gasteiger partial charge is 0.416 e. The molecule has 2 heterocycles. The highest BCUT2D eigenvalue weighted by Gasteiger charge is 2.51. The summed E-state index contributed by atoms with van der Waals surface area (Å²) in [7, 11) is 2.31. The van der Waals surface area contributed by atoms with Gasteiger partial charge in [0.15, 0.2) is 5.78 Å². The maximum absolute atomic E-state index is 14.5. The van der Waals surface area contributed by atoms with Crippen molar-refractivity contribution in [1.29, 1.82) is 0 Å². The molecule has 0 saturated carbocycles. The molecule has 3 aromatic rings. The van der Waals surface area contributed by atoms with Crippen LogP contribution in [0.25, 0.3) is 0 Å². The summed E-state index contributed by atoms with van der Waals surface area (Å²) in [5, 5.41) is 0. The molecule has 0 fully saturated rings. The number of rotatable bonds is 5. The standard InChI is InChI=1S/C31H26F3N3O5/c1-41-29(39)24-21(17-8-4-3-5-9-17)15-22-25(27(24)38)23(18-10-7-13-36-16-18)26(30(40)42-2)28(35)37(22)20-12-6-11-19(14-20)31(32,33)34/h3-14,16,21,23-24H,15,35H2,1-2H3/t21-,23-,24-/m1/s1. The summed E-state index contributed by atoms with van der Waals surface area (Å²) in [4.78, 5) is 46.4. The van der Waals surface area contributed by atoms with E-state index >= 15 is 0 Å². The zero-order chi connectivity index (χ0) is 30.2. The normalized spacial score (nSPS) is 20.7. The van der Waals surface area contributed by atoms with Crippen molar-refractivity contribution in [3.8, 4) is 0 Å². The lowest BCUT2D eigenvalue weighted by atomic mass is 9.67. The number of anilines is 1. The molecule has 42 heavy (non-hydrogen) atoms. The number of hydrogen-bond acceptors (Lipinski definition) is 8. The molecule has 1 aromatic heterocycles. The number of nitrogens with zero attached hydrogens (tertiary/aromatic N) is 2. The van der Waals surface area contributed by atoms with Crippen molar-refractivity contribution < 1.29 is 37.0 Å². The number of allylic oxidation sites excluding steroid dienone is 2. The molecule has 5 rings (SSSR count). The van der Waals surface area contributed by atoms with Gasteiger partial charge in [0.2, 0.25) is 0 Å². The van der Waals surface area contributed by atoms with Crippen molar-refractivity contribution in [2.24, 2.45) is 11.7 Å². The summed E-state index contributed by atoms with van der Waals surface area (Å²) in [6.07, 6.45) is -1.69. The Labute approximate surface area is 239 Å². The maximum Gasteiger partial charge on any atom is 0.416 e. The van der Waals surface area contributed by atoms with Gasteiger partial charge in [-0.1, -0.05) is 42.5 Å². The second kappa shape index (κ2) is 11.2. The van der Waals surface area contributed by atoms with Crippen LogP contribution in [0, 0.1) is 5.92 Å². The van der Waals surface area contributed by atoms with Gasteiger partial charge in [0.25, 0.3) is 0 Å². The summed E-state index contributed by atoms with van der Waals surface area (Å²) in [6.45, 7) is 0. The molecule has 0 spiro atoms. The first-order valence-corrected chi connectivity index (χ1v) is 12.9. The molecular formula is C31H26F3N3O5. The predicted molar refractivity (Wildman–Crippen MR) is 145 cm³/mol. The van der Waals surface area contributed by atoms with Crippen LogP contribution in [0.3, 0.4) is 0 Å². The number of methoxy groups -OCH3 is 2. The van der Waals surface area contributed by atoms with Gasteiger partial charge < -0.3 is 15.2 Å². The molecule has 0 unspecified atom stereocenters. The van der Waals surface area contributed by atoms with E-state index in [4.69, 9.17) is 15.2 Å². The molecule has 11 heteroatoms. The quantitative estimate of drug-likeness (QED) is 0.339. The Balaban J connectivity index is 1.84. The number of halogens is 3. The molecule has 0 amide bonds. The molecule has 2 aromatic carbocycles. The number of Topliss-reactive ketones (excluding diaryl/α,β-unsaturated/α-hetero) is 1. The number of ether oxygens (including phenoxy) is 2. The minimum absolute atomic E-state index is 0.0167. The van der Waals surface area contributed by atoms with Crippen molar-refractivity contribution in [2.45, 2.75) is 24.4 Å². The van der Waals surface area contributed by atoms with Crippen LogP contribution in [0.15, 0.2) is 102 Å². The Bertz CT molecular complexity index is 1600. The number of ketones is 1. The molecule has 1 aliphatic carbocycles. The number of esters is 2. The third-order valence-electron chi connectivity index (χ3n) is 7.58. The van der Waals surface area contributed by atoms with Crippen molar-refractivity contribution in [3.05, 3.63) is 118 Å². The number of carbonyl (C=O) groups excluding carboxylic acids is 3. The largest absolute Gasteiger partial charge is 0.468 e. The molecular weight excluding hydrogens is 551 g/mol. The number of carbonyl (C=O) groups is 3. The molecule has 0 bridgehead atoms. The van der Waals surface area contributed by atoms with Crippen molar-refractivity contribution in [2.75, 3.05) is 19.1 Å². The lowest BCUT2D eigenvalue weighted by molar-refractivity contribution is -0.150. The highest BCUT2D eigenvalue weighted by Crippen LogP contribution is 2.51. The van der Waals surface area contributed by atoms with Gasteiger partial charge >= 0.3 is 18.1 Å². The third-order valence-corrected chi connectivity index (χ3v) is 7.58. The second-order valence-corrected chi connectivity index (χ2v) is 9.84. The zero-order valence-corrected chi connectivity index (χ0v) is 22.6. The van der Waals surface area contributed by atoms with Gasteiger partial charge in [0.1, 0.15) is 11.7 Å². The van der Waals surface area contributed by atoms with Crippen LogP contribution in [-0.2, 0) is 30.0 Å². The number of benzene rings is 2. The van der Waals surface area contributed by atoms with E-state index in [2.05, 4.69) is 4.98 Å². The summed E-state index contributed by atoms with van der Waals surface area (Å²) < 4.78 is 51.4. The zero-order valence-electron chi connectivity index (χ0n) is 22.6. The topological polar surface area (TPSA) is 112 Å². The van der Waals surface area contributed by atoms with Crippen molar-refractivity contribution in [1.82, 2.24) is 4.98 Å². The highest BCUT2D eigenvalue weighted by molar-refractivity contribution is 6.14. The Kier molecular flexibility index (Phi) is 7.59. The third kappa shape index (κ3) is 4.91. The van der Waals surface area contributed by atoms with Crippen LogP contribution in [0.4, 0.5) is 18.9 Å². The van der Waals surface area contributed by atoms with E-state index in [0.29, 0.717) is 11.1 Å². The van der Waals surface area contributed by atoms with Gasteiger partial charge in [-0.15, -0.1) is 0 Å². The Morgan fingerprint density at radius 2 is 1.69 bits per heavy atom. The fraction of sp³-hybridized carbons (Fsp3) is 0.226. The fourth-order valence-corrected chi connectivity index (χ4v) is 5.74. The number of alkyl halides is 3. The molecule has 2 aliphatic rings. The summed E-state index contributed by atoms with van der Waals surface area (Å²) >= 11 is 0. The Morgan fingerprint density at radius 3 is 2.31 bits per heavy atom. The van der Waals surface area contributed by atoms with Crippen LogP contribution >= 0.6 is 0 Å². The lowest BCUT2D eigenvalue weighted by Gasteiger charge is -2.44. The number of hydrogen-bond donors (Lipinski definition) is 1. The first-order valence-electron chi connectivity index (χ1n) is 12.9. The number of pyridine rings is 1. The summed E-state index contributed by atoms with van der Waals surface area (Å²) in [5.74, 6) is -5.66. The SMILES string of the molecule is COC(=O)C1=C(N)N(c2cccc(C(F)(F)F)c2)C2=C(C(=O)[C@H](C(=O)OC)[C@@H](c3ccccc3)C2)[C@H]1c1cccnc1. The van der Waals surface area contributed by atoms with E-state index in [1.807, 2.05) is 0 Å². The van der Waals surface area contributed by atoms with Crippen LogP contribution in [0.5, 0.6) is 0 Å². The monoisotopic (exact) mass is 577 g/mol. The van der Waals surface area contributed by atoms with E-state index in [-0.39, 0.29) is 34.8 Å². The minimum Gasteiger partial charge on any atom is -0.468 e. The molecule has 8 nitrogen and oxygen atoms in total. The van der Waals surface area contributed by atoms with Crippen LogP contribution in [-0.4, -0.2) is 36.9 Å². The Morgan fingerprint density at radius 1 is 0.976 bits per heavy atom. The van der Waals surface area contributed by atoms with Gasteiger partial charge in [-0.2, -0.15) is 13.2 Å². The Hall–Kier alpha value is -4.93. The van der Waals surface area contributed by atoms with Crippen LogP contribution < -0.4 is 10.6 Å². The van der Waals surface area contributed by atoms with E-state index in [9.17, 15) is 27.6 Å².